The van der Waals surface area contributed by atoms with Gasteiger partial charge in [-0.1, -0.05) is 48.5 Å². The van der Waals surface area contributed by atoms with Gasteiger partial charge in [0.15, 0.2) is 10.9 Å². The maximum Gasteiger partial charge on any atom is 0.263 e. The van der Waals surface area contributed by atoms with Crippen LogP contribution in [0.25, 0.3) is 10.2 Å². The standard InChI is InChI=1S/C27H28N2O3S2/c1-6-23-17(3)24-25(34-23)28-27(29(26(24)31)14-19-9-7-16(2)8-10-19)33-15-21-13-20(18(4)30)11-12-22(21)32-5/h7-13H,6,14-15H2,1-5H3. The quantitative estimate of drug-likeness (QED) is 0.167. The average molecular weight is 493 g/mol. The lowest BCUT2D eigenvalue weighted by atomic mass is 10.1. The van der Waals surface area contributed by atoms with E-state index in [1.807, 2.05) is 26.0 Å². The zero-order chi connectivity index (χ0) is 24.4. The predicted molar refractivity (Wildman–Crippen MR) is 141 cm³/mol. The Balaban J connectivity index is 1.79. The van der Waals surface area contributed by atoms with Gasteiger partial charge in [0.1, 0.15) is 10.6 Å². The maximum absolute atomic E-state index is 13.7. The molecule has 4 rings (SSSR count). The Labute approximate surface area is 207 Å². The number of aromatic nitrogens is 2. The number of Topliss-reactive ketones (excluding diaryl/α,β-unsaturated/α-hetero) is 1. The molecule has 2 aromatic heterocycles. The molecule has 0 bridgehead atoms. The molecule has 0 aliphatic heterocycles. The molecular weight excluding hydrogens is 464 g/mol. The number of aryl methyl sites for hydroxylation is 3. The second kappa shape index (κ2) is 10.2. The van der Waals surface area contributed by atoms with Crippen molar-refractivity contribution >= 4 is 39.1 Å². The summed E-state index contributed by atoms with van der Waals surface area (Å²) in [5.74, 6) is 1.25. The largest absolute Gasteiger partial charge is 0.496 e. The molecule has 5 nitrogen and oxygen atoms in total. The van der Waals surface area contributed by atoms with E-state index in [0.29, 0.717) is 28.8 Å². The van der Waals surface area contributed by atoms with E-state index in [-0.39, 0.29) is 11.3 Å². The predicted octanol–water partition coefficient (Wildman–Crippen LogP) is 6.19. The van der Waals surface area contributed by atoms with E-state index in [4.69, 9.17) is 9.72 Å². The molecule has 0 unspecified atom stereocenters. The Kier molecular flexibility index (Phi) is 7.24. The summed E-state index contributed by atoms with van der Waals surface area (Å²) in [6, 6.07) is 13.7. The number of ether oxygens (including phenoxy) is 1. The second-order valence-corrected chi connectivity index (χ2v) is 10.4. The number of fused-ring (bicyclic) bond motifs is 1. The van der Waals surface area contributed by atoms with E-state index in [9.17, 15) is 9.59 Å². The van der Waals surface area contributed by atoms with Crippen LogP contribution in [0.15, 0.2) is 52.4 Å². The van der Waals surface area contributed by atoms with E-state index >= 15 is 0 Å². The second-order valence-electron chi connectivity index (χ2n) is 8.33. The van der Waals surface area contributed by atoms with Crippen molar-refractivity contribution in [3.05, 3.63) is 85.5 Å². The number of thioether (sulfide) groups is 1. The molecule has 4 aromatic rings. The number of rotatable bonds is 8. The van der Waals surface area contributed by atoms with Crippen LogP contribution in [0.4, 0.5) is 0 Å². The first-order valence-corrected chi connectivity index (χ1v) is 13.0. The van der Waals surface area contributed by atoms with Crippen molar-refractivity contribution in [2.45, 2.75) is 51.6 Å². The Morgan fingerprint density at radius 3 is 2.53 bits per heavy atom. The summed E-state index contributed by atoms with van der Waals surface area (Å²) in [7, 11) is 1.62. The highest BCUT2D eigenvalue weighted by molar-refractivity contribution is 7.98. The van der Waals surface area contributed by atoms with Gasteiger partial charge in [0, 0.05) is 21.8 Å². The van der Waals surface area contributed by atoms with Gasteiger partial charge < -0.3 is 4.74 Å². The molecule has 0 radical (unpaired) electrons. The highest BCUT2D eigenvalue weighted by Gasteiger charge is 2.19. The number of methoxy groups -OCH3 is 1. The van der Waals surface area contributed by atoms with Crippen LogP contribution in [0.1, 0.15) is 51.3 Å². The molecule has 176 valence electrons. The fraction of sp³-hybridized carbons (Fsp3) is 0.296. The van der Waals surface area contributed by atoms with Gasteiger partial charge in [-0.25, -0.2) is 4.98 Å². The van der Waals surface area contributed by atoms with Crippen molar-refractivity contribution in [3.63, 3.8) is 0 Å². The Bertz CT molecular complexity index is 1420. The van der Waals surface area contributed by atoms with Crippen LogP contribution < -0.4 is 10.3 Å². The van der Waals surface area contributed by atoms with Crippen LogP contribution in [-0.4, -0.2) is 22.4 Å². The van der Waals surface area contributed by atoms with E-state index in [1.165, 1.54) is 22.2 Å². The minimum atomic E-state index is -0.00835. The molecule has 0 aliphatic carbocycles. The van der Waals surface area contributed by atoms with E-state index < -0.39 is 0 Å². The molecule has 0 aliphatic rings. The lowest BCUT2D eigenvalue weighted by Gasteiger charge is -2.14. The normalized spacial score (nSPS) is 11.2. The Hall–Kier alpha value is -2.90. The van der Waals surface area contributed by atoms with Crippen molar-refractivity contribution in [1.29, 1.82) is 0 Å². The minimum absolute atomic E-state index is 0.00545. The number of hydrogen-bond acceptors (Lipinski definition) is 6. The molecule has 0 fully saturated rings. The number of ketones is 1. The van der Waals surface area contributed by atoms with Crippen molar-refractivity contribution in [3.8, 4) is 5.75 Å². The number of carbonyl (C=O) groups excluding carboxylic acids is 1. The topological polar surface area (TPSA) is 61.2 Å². The highest BCUT2D eigenvalue weighted by Crippen LogP contribution is 2.32. The summed E-state index contributed by atoms with van der Waals surface area (Å²) < 4.78 is 7.30. The zero-order valence-electron chi connectivity index (χ0n) is 20.1. The Morgan fingerprint density at radius 1 is 1.15 bits per heavy atom. The van der Waals surface area contributed by atoms with E-state index in [1.54, 1.807) is 36.0 Å². The third-order valence-corrected chi connectivity index (χ3v) is 8.30. The first kappa shape index (κ1) is 24.2. The molecule has 0 N–H and O–H groups in total. The van der Waals surface area contributed by atoms with Crippen LogP contribution in [0.3, 0.4) is 0 Å². The molecule has 0 spiro atoms. The molecule has 0 amide bonds. The Morgan fingerprint density at radius 2 is 1.88 bits per heavy atom. The molecular formula is C27H28N2O3S2. The van der Waals surface area contributed by atoms with Gasteiger partial charge in [0.05, 0.1) is 19.0 Å². The number of thiophene rings is 1. The summed E-state index contributed by atoms with van der Waals surface area (Å²) in [5, 5.41) is 1.38. The van der Waals surface area contributed by atoms with Gasteiger partial charge in [0.25, 0.3) is 5.56 Å². The SMILES string of the molecule is CCc1sc2nc(SCc3cc(C(C)=O)ccc3OC)n(Cc3ccc(C)cc3)c(=O)c2c1C. The van der Waals surface area contributed by atoms with Gasteiger partial charge >= 0.3 is 0 Å². The van der Waals surface area contributed by atoms with E-state index in [0.717, 1.165) is 33.3 Å². The molecule has 34 heavy (non-hydrogen) atoms. The monoisotopic (exact) mass is 492 g/mol. The fourth-order valence-corrected chi connectivity index (χ4v) is 6.09. The summed E-state index contributed by atoms with van der Waals surface area (Å²) in [6.07, 6.45) is 0.877. The van der Waals surface area contributed by atoms with Crippen LogP contribution in [0.2, 0.25) is 0 Å². The maximum atomic E-state index is 13.7. The van der Waals surface area contributed by atoms with Gasteiger partial charge in [-0.2, -0.15) is 0 Å². The van der Waals surface area contributed by atoms with Gasteiger partial charge in [-0.15, -0.1) is 11.3 Å². The van der Waals surface area contributed by atoms with Crippen molar-refractivity contribution in [2.24, 2.45) is 0 Å². The van der Waals surface area contributed by atoms with Crippen LogP contribution in [0, 0.1) is 13.8 Å². The number of benzene rings is 2. The summed E-state index contributed by atoms with van der Waals surface area (Å²) in [5.41, 5.74) is 4.79. The molecule has 2 heterocycles. The molecule has 7 heteroatoms. The fourth-order valence-electron chi connectivity index (χ4n) is 3.96. The van der Waals surface area contributed by atoms with Crippen molar-refractivity contribution in [1.82, 2.24) is 9.55 Å². The summed E-state index contributed by atoms with van der Waals surface area (Å²) in [4.78, 5) is 32.5. The lowest BCUT2D eigenvalue weighted by Crippen LogP contribution is -2.24. The first-order valence-electron chi connectivity index (χ1n) is 11.2. The molecule has 2 aromatic carbocycles. The van der Waals surface area contributed by atoms with Crippen LogP contribution in [-0.2, 0) is 18.7 Å². The first-order chi connectivity index (χ1) is 16.3. The van der Waals surface area contributed by atoms with E-state index in [2.05, 4.69) is 31.2 Å². The molecule has 0 atom stereocenters. The highest BCUT2D eigenvalue weighted by atomic mass is 32.2. The average Bonchev–Trinajstić information content (AvgIpc) is 3.16. The molecule has 0 saturated heterocycles. The van der Waals surface area contributed by atoms with Crippen LogP contribution in [0.5, 0.6) is 5.75 Å². The van der Waals surface area contributed by atoms with Gasteiger partial charge in [-0.05, 0) is 56.5 Å². The summed E-state index contributed by atoms with van der Waals surface area (Å²) in [6.45, 7) is 8.17. The number of hydrogen-bond donors (Lipinski definition) is 0. The van der Waals surface area contributed by atoms with Gasteiger partial charge in [0.2, 0.25) is 0 Å². The zero-order valence-corrected chi connectivity index (χ0v) is 21.7. The number of nitrogens with zero attached hydrogens (tertiary/aromatic N) is 2. The third-order valence-electron chi connectivity index (χ3n) is 5.94. The number of carbonyl (C=O) groups is 1. The third kappa shape index (κ3) is 4.81. The molecule has 0 saturated carbocycles. The lowest BCUT2D eigenvalue weighted by molar-refractivity contribution is 0.101. The van der Waals surface area contributed by atoms with Crippen molar-refractivity contribution < 1.29 is 9.53 Å². The smallest absolute Gasteiger partial charge is 0.263 e. The van der Waals surface area contributed by atoms with Crippen LogP contribution >= 0.6 is 23.1 Å². The van der Waals surface area contributed by atoms with Gasteiger partial charge in [-0.3, -0.25) is 14.2 Å². The minimum Gasteiger partial charge on any atom is -0.496 e. The van der Waals surface area contributed by atoms with Crippen molar-refractivity contribution in [2.75, 3.05) is 7.11 Å². The summed E-state index contributed by atoms with van der Waals surface area (Å²) >= 11 is 3.09.